The van der Waals surface area contributed by atoms with Gasteiger partial charge in [-0.05, 0) is 50.6 Å². The second-order valence-electron chi connectivity index (χ2n) is 5.04. The molecule has 0 radical (unpaired) electrons. The molecule has 1 saturated heterocycles. The maximum Gasteiger partial charge on any atom is 0.0876 e. The van der Waals surface area contributed by atoms with Crippen LogP contribution in [0, 0.1) is 0 Å². The lowest BCUT2D eigenvalue weighted by Gasteiger charge is -2.26. The van der Waals surface area contributed by atoms with Gasteiger partial charge in [-0.15, -0.1) is 0 Å². The molecule has 0 aliphatic carbocycles. The largest absolute Gasteiger partial charge is 0.501 e. The monoisotopic (exact) mass is 239 g/mol. The number of hydrogen-bond acceptors (Lipinski definition) is 3. The Morgan fingerprint density at radius 2 is 2.35 bits per heavy atom. The van der Waals surface area contributed by atoms with Crippen LogP contribution in [0.4, 0.5) is 0 Å². The zero-order valence-corrected chi connectivity index (χ0v) is 10.9. The molecule has 0 bridgehead atoms. The van der Waals surface area contributed by atoms with Crippen molar-refractivity contribution >= 4 is 0 Å². The Hall–Kier alpha value is -0.540. The summed E-state index contributed by atoms with van der Waals surface area (Å²) in [6.07, 6.45) is 9.48. The van der Waals surface area contributed by atoms with Crippen LogP contribution in [0.1, 0.15) is 45.4 Å². The summed E-state index contributed by atoms with van der Waals surface area (Å²) in [7, 11) is 0. The molecule has 2 aliphatic rings. The summed E-state index contributed by atoms with van der Waals surface area (Å²) < 4.78 is 11.2. The first-order valence-corrected chi connectivity index (χ1v) is 7.05. The van der Waals surface area contributed by atoms with Crippen LogP contribution >= 0.6 is 0 Å². The molecular formula is C14H25NO2. The van der Waals surface area contributed by atoms with Gasteiger partial charge in [-0.1, -0.05) is 6.92 Å². The van der Waals surface area contributed by atoms with Crippen molar-refractivity contribution in [3.63, 3.8) is 0 Å². The third-order valence-corrected chi connectivity index (χ3v) is 3.57. The molecule has 2 unspecified atom stereocenters. The van der Waals surface area contributed by atoms with E-state index in [0.29, 0.717) is 12.1 Å². The van der Waals surface area contributed by atoms with Crippen LogP contribution in [-0.4, -0.2) is 31.9 Å². The Balaban J connectivity index is 1.88. The lowest BCUT2D eigenvalue weighted by atomic mass is 9.96. The van der Waals surface area contributed by atoms with Crippen molar-refractivity contribution < 1.29 is 9.47 Å². The molecule has 3 heteroatoms. The molecule has 3 nitrogen and oxygen atoms in total. The Bertz CT molecular complexity index is 247. The molecule has 1 fully saturated rings. The summed E-state index contributed by atoms with van der Waals surface area (Å²) in [6.45, 7) is 5.11. The highest BCUT2D eigenvalue weighted by atomic mass is 16.5. The van der Waals surface area contributed by atoms with Gasteiger partial charge in [0.2, 0.25) is 0 Å². The first-order chi connectivity index (χ1) is 8.40. The van der Waals surface area contributed by atoms with Crippen molar-refractivity contribution in [3.8, 4) is 0 Å². The van der Waals surface area contributed by atoms with Gasteiger partial charge in [0.05, 0.1) is 19.0 Å². The predicted octanol–water partition coefficient (Wildman–Crippen LogP) is 2.62. The number of hydrogen-bond donors (Lipinski definition) is 1. The van der Waals surface area contributed by atoms with Crippen molar-refractivity contribution in [2.24, 2.45) is 0 Å². The first-order valence-electron chi connectivity index (χ1n) is 7.05. The molecule has 2 aliphatic heterocycles. The van der Waals surface area contributed by atoms with Gasteiger partial charge in [-0.3, -0.25) is 0 Å². The Morgan fingerprint density at radius 1 is 1.41 bits per heavy atom. The summed E-state index contributed by atoms with van der Waals surface area (Å²) in [5.41, 5.74) is 1.43. The molecule has 0 aromatic rings. The van der Waals surface area contributed by atoms with Crippen LogP contribution in [0.5, 0.6) is 0 Å². The van der Waals surface area contributed by atoms with Gasteiger partial charge in [-0.2, -0.15) is 0 Å². The van der Waals surface area contributed by atoms with Crippen LogP contribution in [0.2, 0.25) is 0 Å². The van der Waals surface area contributed by atoms with Crippen molar-refractivity contribution in [2.45, 2.75) is 57.6 Å². The number of nitrogens with one attached hydrogen (secondary N) is 1. The molecule has 17 heavy (non-hydrogen) atoms. The quantitative estimate of drug-likeness (QED) is 0.773. The van der Waals surface area contributed by atoms with E-state index in [0.717, 1.165) is 32.6 Å². The Labute approximate surface area is 105 Å². The van der Waals surface area contributed by atoms with Crippen LogP contribution in [0.25, 0.3) is 0 Å². The Morgan fingerprint density at radius 3 is 3.00 bits per heavy atom. The second kappa shape index (κ2) is 7.02. The Kier molecular flexibility index (Phi) is 5.33. The van der Waals surface area contributed by atoms with E-state index in [-0.39, 0.29) is 0 Å². The van der Waals surface area contributed by atoms with Gasteiger partial charge >= 0.3 is 0 Å². The van der Waals surface area contributed by atoms with Crippen molar-refractivity contribution in [1.29, 1.82) is 0 Å². The highest BCUT2D eigenvalue weighted by Crippen LogP contribution is 2.23. The van der Waals surface area contributed by atoms with Crippen molar-refractivity contribution in [2.75, 3.05) is 19.8 Å². The fourth-order valence-corrected chi connectivity index (χ4v) is 2.62. The van der Waals surface area contributed by atoms with Gasteiger partial charge in [0.25, 0.3) is 0 Å². The molecule has 1 N–H and O–H groups in total. The predicted molar refractivity (Wildman–Crippen MR) is 68.9 cm³/mol. The minimum Gasteiger partial charge on any atom is -0.501 e. The molecule has 0 aromatic heterocycles. The normalized spacial score (nSPS) is 26.4. The van der Waals surface area contributed by atoms with Gasteiger partial charge in [0, 0.05) is 12.6 Å². The maximum absolute atomic E-state index is 5.75. The van der Waals surface area contributed by atoms with Gasteiger partial charge in [0.1, 0.15) is 0 Å². The molecular weight excluding hydrogens is 214 g/mol. The fourth-order valence-electron chi connectivity index (χ4n) is 2.62. The van der Waals surface area contributed by atoms with E-state index in [2.05, 4.69) is 12.2 Å². The molecule has 2 rings (SSSR count). The lowest BCUT2D eigenvalue weighted by Crippen LogP contribution is -2.35. The highest BCUT2D eigenvalue weighted by molar-refractivity contribution is 5.10. The van der Waals surface area contributed by atoms with E-state index in [1.807, 2.05) is 6.26 Å². The molecule has 2 heterocycles. The van der Waals surface area contributed by atoms with Gasteiger partial charge in [0.15, 0.2) is 0 Å². The molecule has 0 aromatic carbocycles. The first kappa shape index (κ1) is 12.9. The van der Waals surface area contributed by atoms with Crippen molar-refractivity contribution in [1.82, 2.24) is 5.32 Å². The molecule has 98 valence electrons. The summed E-state index contributed by atoms with van der Waals surface area (Å²) in [6, 6.07) is 0.457. The SMILES string of the molecule is CCCNC(CC1CCCO1)C1=COCCC1. The van der Waals surface area contributed by atoms with Crippen LogP contribution in [-0.2, 0) is 9.47 Å². The van der Waals surface area contributed by atoms with E-state index >= 15 is 0 Å². The average Bonchev–Trinajstić information content (AvgIpc) is 2.88. The average molecular weight is 239 g/mol. The van der Waals surface area contributed by atoms with E-state index < -0.39 is 0 Å². The minimum atomic E-state index is 0.451. The van der Waals surface area contributed by atoms with Crippen LogP contribution in [0.15, 0.2) is 11.8 Å². The number of rotatable bonds is 6. The highest BCUT2D eigenvalue weighted by Gasteiger charge is 2.23. The second-order valence-corrected chi connectivity index (χ2v) is 5.04. The third kappa shape index (κ3) is 4.00. The summed E-state index contributed by atoms with van der Waals surface area (Å²) in [4.78, 5) is 0. The molecule has 0 spiro atoms. The summed E-state index contributed by atoms with van der Waals surface area (Å²) in [5, 5.41) is 3.64. The standard InChI is InChI=1S/C14H25NO2/c1-2-7-15-14(10-13-6-4-9-17-13)12-5-3-8-16-11-12/h11,13-15H,2-10H2,1H3. The number of ether oxygens (including phenoxy) is 2. The lowest BCUT2D eigenvalue weighted by molar-refractivity contribution is 0.0961. The zero-order chi connectivity index (χ0) is 11.9. The third-order valence-electron chi connectivity index (χ3n) is 3.57. The van der Waals surface area contributed by atoms with E-state index in [1.165, 1.54) is 31.3 Å². The van der Waals surface area contributed by atoms with E-state index in [1.54, 1.807) is 0 Å². The molecule has 0 saturated carbocycles. The smallest absolute Gasteiger partial charge is 0.0876 e. The summed E-state index contributed by atoms with van der Waals surface area (Å²) in [5.74, 6) is 0. The molecule has 0 amide bonds. The van der Waals surface area contributed by atoms with Gasteiger partial charge in [-0.25, -0.2) is 0 Å². The van der Waals surface area contributed by atoms with Crippen LogP contribution < -0.4 is 5.32 Å². The minimum absolute atomic E-state index is 0.451. The topological polar surface area (TPSA) is 30.5 Å². The van der Waals surface area contributed by atoms with E-state index in [9.17, 15) is 0 Å². The maximum atomic E-state index is 5.75. The molecule has 2 atom stereocenters. The fraction of sp³-hybridized carbons (Fsp3) is 0.857. The summed E-state index contributed by atoms with van der Waals surface area (Å²) >= 11 is 0. The van der Waals surface area contributed by atoms with Crippen LogP contribution in [0.3, 0.4) is 0 Å². The van der Waals surface area contributed by atoms with E-state index in [4.69, 9.17) is 9.47 Å². The van der Waals surface area contributed by atoms with Gasteiger partial charge < -0.3 is 14.8 Å². The van der Waals surface area contributed by atoms with Crippen molar-refractivity contribution in [3.05, 3.63) is 11.8 Å². The zero-order valence-electron chi connectivity index (χ0n) is 10.9.